The van der Waals surface area contributed by atoms with Crippen LogP contribution in [0.5, 0.6) is 0 Å². The van der Waals surface area contributed by atoms with E-state index in [0.717, 1.165) is 31.7 Å². The van der Waals surface area contributed by atoms with Crippen LogP contribution in [0.3, 0.4) is 0 Å². The van der Waals surface area contributed by atoms with Gasteiger partial charge in [-0.3, -0.25) is 9.48 Å². The van der Waals surface area contributed by atoms with Crippen molar-refractivity contribution in [1.82, 2.24) is 20.0 Å². The van der Waals surface area contributed by atoms with E-state index in [1.54, 1.807) is 0 Å². The van der Waals surface area contributed by atoms with Gasteiger partial charge in [-0.15, -0.1) is 0 Å². The van der Waals surface area contributed by atoms with Gasteiger partial charge in [0, 0.05) is 50.9 Å². The molecule has 1 saturated heterocycles. The van der Waals surface area contributed by atoms with E-state index in [0.29, 0.717) is 18.4 Å². The molecule has 5 heteroatoms. The topological polar surface area (TPSA) is 50.2 Å². The number of hydrogen-bond donors (Lipinski definition) is 1. The number of nitrogens with zero attached hydrogens (tertiary/aromatic N) is 3. The molecule has 0 aromatic carbocycles. The summed E-state index contributed by atoms with van der Waals surface area (Å²) in [6.07, 6.45) is 3.76. The van der Waals surface area contributed by atoms with Gasteiger partial charge in [-0.25, -0.2) is 0 Å². The second-order valence-electron chi connectivity index (χ2n) is 5.14. The molecule has 100 valence electrons. The predicted molar refractivity (Wildman–Crippen MR) is 70.1 cm³/mol. The Kier molecular flexibility index (Phi) is 4.01. The first kappa shape index (κ1) is 13.1. The molecule has 1 unspecified atom stereocenters. The summed E-state index contributed by atoms with van der Waals surface area (Å²) in [7, 11) is 1.93. The van der Waals surface area contributed by atoms with Crippen molar-refractivity contribution in [2.45, 2.75) is 39.3 Å². The van der Waals surface area contributed by atoms with Gasteiger partial charge in [0.25, 0.3) is 0 Å². The van der Waals surface area contributed by atoms with Crippen molar-refractivity contribution in [3.63, 3.8) is 0 Å². The number of nitrogens with one attached hydrogen (secondary N) is 1. The van der Waals surface area contributed by atoms with Crippen molar-refractivity contribution in [1.29, 1.82) is 0 Å². The summed E-state index contributed by atoms with van der Waals surface area (Å²) in [5, 5.41) is 7.77. The number of amides is 1. The van der Waals surface area contributed by atoms with Gasteiger partial charge in [-0.05, 0) is 20.3 Å². The molecule has 18 heavy (non-hydrogen) atoms. The lowest BCUT2D eigenvalue weighted by molar-refractivity contribution is -0.127. The molecule has 1 aliphatic heterocycles. The molecule has 5 nitrogen and oxygen atoms in total. The van der Waals surface area contributed by atoms with Crippen LogP contribution in [0, 0.1) is 6.92 Å². The molecule has 0 bridgehead atoms. The third-order valence-electron chi connectivity index (χ3n) is 3.42. The molecular weight excluding hydrogens is 228 g/mol. The minimum atomic E-state index is 0.293. The maximum Gasteiger partial charge on any atom is 0.222 e. The molecule has 1 N–H and O–H groups in total. The van der Waals surface area contributed by atoms with Gasteiger partial charge in [0.05, 0.1) is 5.69 Å². The van der Waals surface area contributed by atoms with Crippen molar-refractivity contribution in [2.75, 3.05) is 13.1 Å². The molecule has 2 rings (SSSR count). The maximum atomic E-state index is 11.5. The van der Waals surface area contributed by atoms with Gasteiger partial charge < -0.3 is 10.2 Å². The Morgan fingerprint density at radius 3 is 2.89 bits per heavy atom. The Labute approximate surface area is 108 Å². The molecule has 0 saturated carbocycles. The lowest BCUT2D eigenvalue weighted by Gasteiger charge is -2.21. The summed E-state index contributed by atoms with van der Waals surface area (Å²) in [6, 6.07) is 0.312. The van der Waals surface area contributed by atoms with Gasteiger partial charge in [0.1, 0.15) is 0 Å². The normalized spacial score (nSPS) is 17.5. The lowest BCUT2D eigenvalue weighted by atomic mass is 10.2. The Bertz CT molecular complexity index is 427. The number of carbonyl (C=O) groups excluding carboxylic acids is 1. The molecular formula is C13H22N4O. The zero-order valence-corrected chi connectivity index (χ0v) is 11.4. The first-order valence-electron chi connectivity index (χ1n) is 6.56. The largest absolute Gasteiger partial charge is 0.341 e. The smallest absolute Gasteiger partial charge is 0.222 e. The van der Waals surface area contributed by atoms with Crippen LogP contribution in [0.4, 0.5) is 0 Å². The fourth-order valence-electron chi connectivity index (χ4n) is 2.40. The zero-order chi connectivity index (χ0) is 13.1. The van der Waals surface area contributed by atoms with E-state index in [-0.39, 0.29) is 0 Å². The van der Waals surface area contributed by atoms with Crippen molar-refractivity contribution < 1.29 is 4.79 Å². The number of aromatic nitrogens is 2. The van der Waals surface area contributed by atoms with Crippen molar-refractivity contribution in [2.24, 2.45) is 7.05 Å². The first-order valence-corrected chi connectivity index (χ1v) is 6.56. The first-order chi connectivity index (χ1) is 8.56. The number of hydrogen-bond acceptors (Lipinski definition) is 3. The van der Waals surface area contributed by atoms with Crippen molar-refractivity contribution in [3.8, 4) is 0 Å². The highest BCUT2D eigenvalue weighted by Gasteiger charge is 2.21. The van der Waals surface area contributed by atoms with E-state index >= 15 is 0 Å². The molecule has 0 aliphatic carbocycles. The van der Waals surface area contributed by atoms with Gasteiger partial charge >= 0.3 is 0 Å². The van der Waals surface area contributed by atoms with E-state index in [4.69, 9.17) is 0 Å². The summed E-state index contributed by atoms with van der Waals surface area (Å²) in [5.41, 5.74) is 2.28. The SMILES string of the molecule is Cc1nn(C)cc1CNC(C)CN1CCCC1=O. The van der Waals surface area contributed by atoms with Gasteiger partial charge in [-0.2, -0.15) is 5.10 Å². The average Bonchev–Trinajstić information content (AvgIpc) is 2.83. The minimum Gasteiger partial charge on any atom is -0.341 e. The Balaban J connectivity index is 1.79. The molecule has 1 aromatic heterocycles. The fourth-order valence-corrected chi connectivity index (χ4v) is 2.40. The summed E-state index contributed by atoms with van der Waals surface area (Å²) >= 11 is 0. The molecule has 2 heterocycles. The highest BCUT2D eigenvalue weighted by Crippen LogP contribution is 2.10. The zero-order valence-electron chi connectivity index (χ0n) is 11.4. The standard InChI is InChI=1S/C13H22N4O/c1-10(8-17-6-4-5-13(17)18)14-7-12-9-16(3)15-11(12)2/h9-10,14H,4-8H2,1-3H3. The van der Waals surface area contributed by atoms with Gasteiger partial charge in [0.2, 0.25) is 5.91 Å². The third kappa shape index (κ3) is 3.10. The number of carbonyl (C=O) groups is 1. The maximum absolute atomic E-state index is 11.5. The van der Waals surface area contributed by atoms with E-state index in [1.165, 1.54) is 5.56 Å². The molecule has 1 atom stereocenters. The fraction of sp³-hybridized carbons (Fsp3) is 0.692. The van der Waals surface area contributed by atoms with E-state index in [2.05, 4.69) is 17.3 Å². The summed E-state index contributed by atoms with van der Waals surface area (Å²) in [5.74, 6) is 0.293. The van der Waals surface area contributed by atoms with E-state index < -0.39 is 0 Å². The predicted octanol–water partition coefficient (Wildman–Crippen LogP) is 0.829. The monoisotopic (exact) mass is 250 g/mol. The number of aryl methyl sites for hydroxylation is 2. The Hall–Kier alpha value is -1.36. The highest BCUT2D eigenvalue weighted by atomic mass is 16.2. The van der Waals surface area contributed by atoms with Crippen LogP contribution < -0.4 is 5.32 Å². The molecule has 1 aliphatic rings. The summed E-state index contributed by atoms with van der Waals surface area (Å²) in [4.78, 5) is 13.5. The van der Waals surface area contributed by atoms with Gasteiger partial charge in [-0.1, -0.05) is 0 Å². The van der Waals surface area contributed by atoms with Crippen LogP contribution in [-0.2, 0) is 18.4 Å². The second kappa shape index (κ2) is 5.52. The Morgan fingerprint density at radius 2 is 2.33 bits per heavy atom. The summed E-state index contributed by atoms with van der Waals surface area (Å²) < 4.78 is 1.83. The van der Waals surface area contributed by atoms with Crippen molar-refractivity contribution in [3.05, 3.63) is 17.5 Å². The number of likely N-dealkylation sites (tertiary alicyclic amines) is 1. The lowest BCUT2D eigenvalue weighted by Crippen LogP contribution is -2.39. The second-order valence-corrected chi connectivity index (χ2v) is 5.14. The van der Waals surface area contributed by atoms with E-state index in [1.807, 2.05) is 29.7 Å². The molecule has 0 radical (unpaired) electrons. The van der Waals surface area contributed by atoms with E-state index in [9.17, 15) is 4.79 Å². The highest BCUT2D eigenvalue weighted by molar-refractivity contribution is 5.78. The molecule has 1 fully saturated rings. The van der Waals surface area contributed by atoms with Crippen LogP contribution in [0.2, 0.25) is 0 Å². The summed E-state index contributed by atoms with van der Waals surface area (Å²) in [6.45, 7) is 6.67. The van der Waals surface area contributed by atoms with Crippen LogP contribution >= 0.6 is 0 Å². The Morgan fingerprint density at radius 1 is 1.56 bits per heavy atom. The molecule has 1 aromatic rings. The van der Waals surface area contributed by atoms with Crippen LogP contribution in [0.15, 0.2) is 6.20 Å². The third-order valence-corrected chi connectivity index (χ3v) is 3.42. The molecule has 1 amide bonds. The minimum absolute atomic E-state index is 0.293. The number of rotatable bonds is 5. The van der Waals surface area contributed by atoms with Crippen LogP contribution in [-0.4, -0.2) is 39.7 Å². The quantitative estimate of drug-likeness (QED) is 0.842. The van der Waals surface area contributed by atoms with Crippen molar-refractivity contribution >= 4 is 5.91 Å². The molecule has 0 spiro atoms. The van der Waals surface area contributed by atoms with Crippen LogP contribution in [0.25, 0.3) is 0 Å². The van der Waals surface area contributed by atoms with Gasteiger partial charge in [0.15, 0.2) is 0 Å². The average molecular weight is 250 g/mol. The van der Waals surface area contributed by atoms with Crippen LogP contribution in [0.1, 0.15) is 31.0 Å².